The number of nitrogens with zero attached hydrogens (tertiary/aromatic N) is 2. The van der Waals surface area contributed by atoms with Crippen molar-refractivity contribution >= 4 is 17.5 Å². The Labute approximate surface area is 150 Å². The monoisotopic (exact) mass is 349 g/mol. The molecule has 0 unspecified atom stereocenters. The fourth-order valence-electron chi connectivity index (χ4n) is 3.81. The lowest BCUT2D eigenvalue weighted by molar-refractivity contribution is -0.127. The molecule has 4 nitrogen and oxygen atoms in total. The molecular weight excluding hydrogens is 322 g/mol. The summed E-state index contributed by atoms with van der Waals surface area (Å²) in [4.78, 5) is 16.8. The summed E-state index contributed by atoms with van der Waals surface area (Å²) in [6, 6.07) is 8.79. The number of benzene rings is 1. The molecule has 5 heteroatoms. The quantitative estimate of drug-likeness (QED) is 0.857. The summed E-state index contributed by atoms with van der Waals surface area (Å²) < 4.78 is 0. The van der Waals surface area contributed by atoms with Crippen LogP contribution in [0.5, 0.6) is 0 Å². The Bertz CT molecular complexity index is 557. The molecule has 1 amide bonds. The summed E-state index contributed by atoms with van der Waals surface area (Å²) in [5, 5.41) is 4.48. The van der Waals surface area contributed by atoms with Gasteiger partial charge in [0.15, 0.2) is 0 Å². The highest BCUT2D eigenvalue weighted by molar-refractivity contribution is 6.30. The van der Waals surface area contributed by atoms with Crippen LogP contribution in [0.2, 0.25) is 5.02 Å². The minimum atomic E-state index is 0.278. The van der Waals surface area contributed by atoms with E-state index < -0.39 is 0 Å². The second kappa shape index (κ2) is 8.32. The number of nitrogens with one attached hydrogen (secondary N) is 1. The lowest BCUT2D eigenvalue weighted by Crippen LogP contribution is -2.46. The van der Waals surface area contributed by atoms with Gasteiger partial charge < -0.3 is 15.1 Å². The van der Waals surface area contributed by atoms with E-state index >= 15 is 0 Å². The zero-order chi connectivity index (χ0) is 16.9. The molecule has 0 spiro atoms. The van der Waals surface area contributed by atoms with E-state index in [2.05, 4.69) is 23.2 Å². The van der Waals surface area contributed by atoms with E-state index in [4.69, 9.17) is 11.6 Å². The van der Waals surface area contributed by atoms with Crippen LogP contribution in [0.3, 0.4) is 0 Å². The molecule has 24 heavy (non-hydrogen) atoms. The number of piperidine rings is 1. The maximum Gasteiger partial charge on any atom is 0.224 e. The molecule has 1 N–H and O–H groups in total. The maximum absolute atomic E-state index is 12.3. The molecule has 2 fully saturated rings. The Balaban J connectivity index is 1.44. The van der Waals surface area contributed by atoms with Gasteiger partial charge in [0, 0.05) is 36.6 Å². The molecule has 2 saturated heterocycles. The van der Waals surface area contributed by atoms with Crippen LogP contribution >= 0.6 is 11.6 Å². The van der Waals surface area contributed by atoms with Crippen LogP contribution in [0.15, 0.2) is 24.3 Å². The topological polar surface area (TPSA) is 35.6 Å². The smallest absolute Gasteiger partial charge is 0.224 e. The summed E-state index contributed by atoms with van der Waals surface area (Å²) in [6.07, 6.45) is 3.90. The van der Waals surface area contributed by atoms with Gasteiger partial charge in [-0.25, -0.2) is 0 Å². The molecule has 0 saturated carbocycles. The summed E-state index contributed by atoms with van der Waals surface area (Å²) in [5.74, 6) is 0.278. The van der Waals surface area contributed by atoms with Gasteiger partial charge in [-0.05, 0) is 56.6 Å². The number of hydrogen-bond acceptors (Lipinski definition) is 3. The van der Waals surface area contributed by atoms with Gasteiger partial charge in [-0.15, -0.1) is 0 Å². The molecule has 0 aliphatic carbocycles. The van der Waals surface area contributed by atoms with Crippen LogP contribution in [0.25, 0.3) is 0 Å². The molecule has 0 bridgehead atoms. The fraction of sp³-hybridized carbons (Fsp3) is 0.632. The average molecular weight is 350 g/mol. The first-order chi connectivity index (χ1) is 11.6. The van der Waals surface area contributed by atoms with Gasteiger partial charge in [-0.3, -0.25) is 4.79 Å². The van der Waals surface area contributed by atoms with Crippen LogP contribution in [0, 0.1) is 0 Å². The zero-order valence-electron chi connectivity index (χ0n) is 14.5. The predicted octanol–water partition coefficient (Wildman–Crippen LogP) is 2.56. The largest absolute Gasteiger partial charge is 0.341 e. The number of carbonyl (C=O) groups is 1. The first-order valence-corrected chi connectivity index (χ1v) is 9.52. The average Bonchev–Trinajstić information content (AvgIpc) is 2.93. The lowest BCUT2D eigenvalue weighted by Gasteiger charge is -2.33. The molecule has 1 aromatic carbocycles. The first-order valence-electron chi connectivity index (χ1n) is 9.14. The Morgan fingerprint density at radius 3 is 2.75 bits per heavy atom. The molecule has 132 valence electrons. The van der Waals surface area contributed by atoms with Gasteiger partial charge in [-0.1, -0.05) is 30.7 Å². The maximum atomic E-state index is 12.3. The summed E-state index contributed by atoms with van der Waals surface area (Å²) >= 11 is 6.03. The Morgan fingerprint density at radius 1 is 1.25 bits per heavy atom. The third-order valence-corrected chi connectivity index (χ3v) is 5.52. The van der Waals surface area contributed by atoms with Crippen molar-refractivity contribution in [1.82, 2.24) is 15.1 Å². The van der Waals surface area contributed by atoms with Gasteiger partial charge in [0.05, 0.1) is 0 Å². The zero-order valence-corrected chi connectivity index (χ0v) is 15.3. The van der Waals surface area contributed by atoms with Crippen LogP contribution in [-0.4, -0.2) is 60.5 Å². The number of halogens is 1. The van der Waals surface area contributed by atoms with E-state index in [-0.39, 0.29) is 5.91 Å². The van der Waals surface area contributed by atoms with Crippen molar-refractivity contribution in [2.75, 3.05) is 32.7 Å². The molecule has 2 aliphatic rings. The van der Waals surface area contributed by atoms with Crippen LogP contribution in [0.1, 0.15) is 31.7 Å². The summed E-state index contributed by atoms with van der Waals surface area (Å²) in [6.45, 7) is 7.34. The Morgan fingerprint density at radius 2 is 2.04 bits per heavy atom. The van der Waals surface area contributed by atoms with Crippen LogP contribution in [0.4, 0.5) is 0 Å². The highest BCUT2D eigenvalue weighted by Crippen LogP contribution is 2.17. The second-order valence-corrected chi connectivity index (χ2v) is 7.43. The standard InChI is InChI=1S/C19H28ClN3O/c1-2-22-9-7-17(8-10-22)21-18-13-19(24)23(14-18)11-6-15-4-3-5-16(20)12-15/h3-5,12,17-18,21H,2,6-11,13-14H2,1H3/t18-/m1/s1. The highest BCUT2D eigenvalue weighted by atomic mass is 35.5. The number of amides is 1. The van der Waals surface area contributed by atoms with Gasteiger partial charge >= 0.3 is 0 Å². The van der Waals surface area contributed by atoms with E-state index in [1.807, 2.05) is 23.1 Å². The summed E-state index contributed by atoms with van der Waals surface area (Å²) in [5.41, 5.74) is 1.19. The third kappa shape index (κ3) is 4.71. The lowest BCUT2D eigenvalue weighted by atomic mass is 10.0. The molecule has 2 heterocycles. The van der Waals surface area contributed by atoms with E-state index in [1.165, 1.54) is 31.5 Å². The Kier molecular flexibility index (Phi) is 6.14. The normalized spacial score (nSPS) is 23.2. The fourth-order valence-corrected chi connectivity index (χ4v) is 4.02. The molecule has 3 rings (SSSR count). The molecule has 0 radical (unpaired) electrons. The predicted molar refractivity (Wildman–Crippen MR) is 98.4 cm³/mol. The molecule has 1 aromatic rings. The minimum Gasteiger partial charge on any atom is -0.341 e. The van der Waals surface area contributed by atoms with Crippen LogP contribution in [-0.2, 0) is 11.2 Å². The number of hydrogen-bond donors (Lipinski definition) is 1. The molecule has 1 atom stereocenters. The molecule has 2 aliphatic heterocycles. The summed E-state index contributed by atoms with van der Waals surface area (Å²) in [7, 11) is 0. The first kappa shape index (κ1) is 17.7. The van der Waals surface area contributed by atoms with Crippen molar-refractivity contribution in [3.63, 3.8) is 0 Å². The van der Waals surface area contributed by atoms with E-state index in [0.29, 0.717) is 18.5 Å². The van der Waals surface area contributed by atoms with Gasteiger partial charge in [0.25, 0.3) is 0 Å². The number of rotatable bonds is 6. The van der Waals surface area contributed by atoms with Gasteiger partial charge in [0.1, 0.15) is 0 Å². The van der Waals surface area contributed by atoms with Crippen molar-refractivity contribution in [3.8, 4) is 0 Å². The third-order valence-electron chi connectivity index (χ3n) is 5.28. The second-order valence-electron chi connectivity index (χ2n) is 7.00. The molecular formula is C19H28ClN3O. The number of likely N-dealkylation sites (tertiary alicyclic amines) is 2. The minimum absolute atomic E-state index is 0.278. The van der Waals surface area contributed by atoms with E-state index in [9.17, 15) is 4.79 Å². The SMILES string of the molecule is CCN1CCC(N[C@@H]2CC(=O)N(CCc3cccc(Cl)c3)C2)CC1. The van der Waals surface area contributed by atoms with E-state index in [1.54, 1.807) is 0 Å². The van der Waals surface area contributed by atoms with Gasteiger partial charge in [0.2, 0.25) is 5.91 Å². The van der Waals surface area contributed by atoms with Crippen molar-refractivity contribution < 1.29 is 4.79 Å². The van der Waals surface area contributed by atoms with Crippen molar-refractivity contribution in [2.45, 2.75) is 44.7 Å². The highest BCUT2D eigenvalue weighted by Gasteiger charge is 2.31. The number of carbonyl (C=O) groups excluding carboxylic acids is 1. The van der Waals surface area contributed by atoms with Crippen LogP contribution < -0.4 is 5.32 Å². The van der Waals surface area contributed by atoms with E-state index in [0.717, 1.165) is 31.1 Å². The van der Waals surface area contributed by atoms with Gasteiger partial charge in [-0.2, -0.15) is 0 Å². The van der Waals surface area contributed by atoms with Crippen molar-refractivity contribution in [3.05, 3.63) is 34.9 Å². The van der Waals surface area contributed by atoms with Crippen molar-refractivity contribution in [2.24, 2.45) is 0 Å². The van der Waals surface area contributed by atoms with Crippen molar-refractivity contribution in [1.29, 1.82) is 0 Å². The molecule has 0 aromatic heterocycles. The Hall–Kier alpha value is -1.10.